The zero-order valence-electron chi connectivity index (χ0n) is 21.0. The molecule has 7 rings (SSSR count). The lowest BCUT2D eigenvalue weighted by molar-refractivity contribution is 0.369. The van der Waals surface area contributed by atoms with Gasteiger partial charge in [-0.1, -0.05) is 36.9 Å². The van der Waals surface area contributed by atoms with E-state index in [9.17, 15) is 0 Å². The maximum absolute atomic E-state index is 6.32. The Balaban J connectivity index is 1.41. The van der Waals surface area contributed by atoms with Crippen molar-refractivity contribution in [2.45, 2.75) is 0 Å². The third kappa shape index (κ3) is 4.20. The largest absolute Gasteiger partial charge is 0.488 e. The second-order valence-electron chi connectivity index (χ2n) is 9.35. The Morgan fingerprint density at radius 1 is 0.718 bits per heavy atom. The number of furan rings is 1. The molecule has 0 saturated carbocycles. The first kappa shape index (κ1) is 22.9. The molecule has 186 valence electrons. The molecule has 0 saturated heterocycles. The summed E-state index contributed by atoms with van der Waals surface area (Å²) < 4.78 is 12.6. The standard InChI is InChI=1S/C34H23N3O2/c1-22-27-8-2-4-11-31(27)38-21-23(13-16-35-22)24-18-25(20-26(19-24)30-10-6-7-15-36-30)28-14-17-37-33-29-9-3-5-12-32(29)39-34(28)33/h2-20H,1,21H2/b23-13+,35-16?. The summed E-state index contributed by atoms with van der Waals surface area (Å²) in [6.07, 6.45) is 7.43. The molecule has 6 aromatic rings. The van der Waals surface area contributed by atoms with Crippen LogP contribution in [0.3, 0.4) is 0 Å². The molecule has 3 aromatic carbocycles. The molecule has 5 nitrogen and oxygen atoms in total. The lowest BCUT2D eigenvalue weighted by Gasteiger charge is -2.15. The van der Waals surface area contributed by atoms with Gasteiger partial charge in [-0.25, -0.2) is 0 Å². The van der Waals surface area contributed by atoms with Crippen LogP contribution in [-0.2, 0) is 0 Å². The normalized spacial score (nSPS) is 14.7. The third-order valence-electron chi connectivity index (χ3n) is 6.92. The van der Waals surface area contributed by atoms with Gasteiger partial charge < -0.3 is 9.15 Å². The van der Waals surface area contributed by atoms with Gasteiger partial charge in [-0.05, 0) is 83.4 Å². The number of ether oxygens (including phenoxy) is 1. The van der Waals surface area contributed by atoms with Gasteiger partial charge in [0.2, 0.25) is 0 Å². The number of nitrogens with zero attached hydrogens (tertiary/aromatic N) is 3. The van der Waals surface area contributed by atoms with Crippen LogP contribution in [0.25, 0.3) is 55.7 Å². The molecule has 0 unspecified atom stereocenters. The maximum Gasteiger partial charge on any atom is 0.161 e. The number of rotatable bonds is 3. The molecule has 1 aliphatic heterocycles. The van der Waals surface area contributed by atoms with Crippen LogP contribution in [0.2, 0.25) is 0 Å². The zero-order valence-corrected chi connectivity index (χ0v) is 21.0. The lowest BCUT2D eigenvalue weighted by Crippen LogP contribution is -2.03. The monoisotopic (exact) mass is 505 g/mol. The smallest absolute Gasteiger partial charge is 0.161 e. The Morgan fingerprint density at radius 3 is 2.46 bits per heavy atom. The molecule has 0 fully saturated rings. The molecule has 0 bridgehead atoms. The molecular formula is C34H23N3O2. The summed E-state index contributed by atoms with van der Waals surface area (Å²) in [4.78, 5) is 13.9. The maximum atomic E-state index is 6.32. The van der Waals surface area contributed by atoms with Gasteiger partial charge in [-0.3, -0.25) is 15.0 Å². The van der Waals surface area contributed by atoms with E-state index in [0.717, 1.165) is 66.9 Å². The fraction of sp³-hybridized carbons (Fsp3) is 0.0294. The summed E-state index contributed by atoms with van der Waals surface area (Å²) in [6.45, 7) is 4.49. The van der Waals surface area contributed by atoms with Crippen LogP contribution in [0.4, 0.5) is 0 Å². The predicted molar refractivity (Wildman–Crippen MR) is 158 cm³/mol. The van der Waals surface area contributed by atoms with E-state index >= 15 is 0 Å². The van der Waals surface area contributed by atoms with Crippen LogP contribution in [-0.4, -0.2) is 22.8 Å². The molecule has 4 heterocycles. The number of hydrogen-bond donors (Lipinski definition) is 0. The fourth-order valence-corrected chi connectivity index (χ4v) is 4.98. The quantitative estimate of drug-likeness (QED) is 0.243. The first-order valence-electron chi connectivity index (χ1n) is 12.7. The van der Waals surface area contributed by atoms with E-state index in [0.29, 0.717) is 12.3 Å². The Bertz CT molecular complexity index is 1930. The molecule has 0 spiro atoms. The fourth-order valence-electron chi connectivity index (χ4n) is 4.98. The number of fused-ring (bicyclic) bond motifs is 4. The Labute approximate surface area is 225 Å². The number of para-hydroxylation sites is 2. The topological polar surface area (TPSA) is 60.5 Å². The molecule has 0 atom stereocenters. The SMILES string of the molecule is C=C1N=C/C=C(/c2cc(-c3ccccn3)cc(-c3ccnc4c3oc3ccccc34)c2)COc2ccccc21. The second kappa shape index (κ2) is 9.54. The van der Waals surface area contributed by atoms with Crippen LogP contribution < -0.4 is 4.74 Å². The minimum absolute atomic E-state index is 0.373. The first-order valence-corrected chi connectivity index (χ1v) is 12.7. The first-order chi connectivity index (χ1) is 19.2. The van der Waals surface area contributed by atoms with E-state index in [1.165, 1.54) is 0 Å². The van der Waals surface area contributed by atoms with Crippen molar-refractivity contribution < 1.29 is 9.15 Å². The Kier molecular flexibility index (Phi) is 5.60. The predicted octanol–water partition coefficient (Wildman–Crippen LogP) is 8.23. The van der Waals surface area contributed by atoms with Gasteiger partial charge in [0, 0.05) is 40.7 Å². The molecule has 3 aromatic heterocycles. The Morgan fingerprint density at radius 2 is 1.54 bits per heavy atom. The summed E-state index contributed by atoms with van der Waals surface area (Å²) in [5.74, 6) is 0.756. The number of aliphatic imine (C=N–C) groups is 1. The molecule has 0 radical (unpaired) electrons. The minimum Gasteiger partial charge on any atom is -0.488 e. The number of hydrogen-bond acceptors (Lipinski definition) is 5. The zero-order chi connectivity index (χ0) is 26.2. The van der Waals surface area contributed by atoms with E-state index in [-0.39, 0.29) is 0 Å². The van der Waals surface area contributed by atoms with Crippen LogP contribution in [0, 0.1) is 0 Å². The van der Waals surface area contributed by atoms with Crippen molar-refractivity contribution in [1.82, 2.24) is 9.97 Å². The number of allylic oxidation sites excluding steroid dienone is 1. The van der Waals surface area contributed by atoms with Gasteiger partial charge >= 0.3 is 0 Å². The molecule has 5 heteroatoms. The van der Waals surface area contributed by atoms with Crippen molar-refractivity contribution in [1.29, 1.82) is 0 Å². The molecule has 0 aliphatic carbocycles. The van der Waals surface area contributed by atoms with Crippen molar-refractivity contribution in [3.8, 4) is 28.1 Å². The number of pyridine rings is 2. The van der Waals surface area contributed by atoms with Gasteiger partial charge in [0.25, 0.3) is 0 Å². The highest BCUT2D eigenvalue weighted by molar-refractivity contribution is 6.07. The second-order valence-corrected chi connectivity index (χ2v) is 9.35. The van der Waals surface area contributed by atoms with E-state index < -0.39 is 0 Å². The summed E-state index contributed by atoms with van der Waals surface area (Å²) in [5, 5.41) is 0.998. The van der Waals surface area contributed by atoms with Gasteiger partial charge in [0.05, 0.1) is 11.4 Å². The van der Waals surface area contributed by atoms with Crippen LogP contribution >= 0.6 is 0 Å². The van der Waals surface area contributed by atoms with Crippen molar-refractivity contribution in [3.63, 3.8) is 0 Å². The van der Waals surface area contributed by atoms with Crippen LogP contribution in [0.5, 0.6) is 5.75 Å². The molecule has 39 heavy (non-hydrogen) atoms. The van der Waals surface area contributed by atoms with Crippen LogP contribution in [0.1, 0.15) is 11.1 Å². The minimum atomic E-state index is 0.373. The average Bonchev–Trinajstić information content (AvgIpc) is 3.40. The number of benzene rings is 3. The molecule has 0 N–H and O–H groups in total. The van der Waals surface area contributed by atoms with Gasteiger partial charge in [0.1, 0.15) is 23.5 Å². The molecule has 1 aliphatic rings. The third-order valence-corrected chi connectivity index (χ3v) is 6.92. The summed E-state index contributed by atoms with van der Waals surface area (Å²) in [6, 6.07) is 30.2. The van der Waals surface area contributed by atoms with E-state index in [2.05, 4.69) is 39.7 Å². The number of aromatic nitrogens is 2. The summed E-state index contributed by atoms with van der Waals surface area (Å²) >= 11 is 0. The molecular weight excluding hydrogens is 482 g/mol. The summed E-state index contributed by atoms with van der Waals surface area (Å²) in [5.41, 5.74) is 9.80. The van der Waals surface area contributed by atoms with E-state index in [4.69, 9.17) is 9.15 Å². The van der Waals surface area contributed by atoms with Crippen molar-refractivity contribution >= 4 is 39.6 Å². The van der Waals surface area contributed by atoms with Crippen LogP contribution in [0.15, 0.2) is 125 Å². The van der Waals surface area contributed by atoms with E-state index in [1.54, 1.807) is 6.21 Å². The Hall–Kier alpha value is -5.29. The van der Waals surface area contributed by atoms with Gasteiger partial charge in [-0.2, -0.15) is 0 Å². The van der Waals surface area contributed by atoms with Gasteiger partial charge in [-0.15, -0.1) is 0 Å². The van der Waals surface area contributed by atoms with Crippen molar-refractivity contribution in [2.75, 3.05) is 6.61 Å². The molecule has 0 amide bonds. The van der Waals surface area contributed by atoms with Crippen molar-refractivity contribution in [2.24, 2.45) is 4.99 Å². The highest BCUT2D eigenvalue weighted by Crippen LogP contribution is 2.37. The summed E-state index contributed by atoms with van der Waals surface area (Å²) in [7, 11) is 0. The highest BCUT2D eigenvalue weighted by atomic mass is 16.5. The highest BCUT2D eigenvalue weighted by Gasteiger charge is 2.17. The lowest BCUT2D eigenvalue weighted by atomic mass is 9.94. The van der Waals surface area contributed by atoms with Gasteiger partial charge in [0.15, 0.2) is 5.58 Å². The van der Waals surface area contributed by atoms with E-state index in [1.807, 2.05) is 91.3 Å². The average molecular weight is 506 g/mol. The van der Waals surface area contributed by atoms with Crippen molar-refractivity contribution in [3.05, 3.63) is 127 Å².